The van der Waals surface area contributed by atoms with Crippen molar-refractivity contribution in [3.05, 3.63) is 94.8 Å². The van der Waals surface area contributed by atoms with Crippen LogP contribution in [0.5, 0.6) is 0 Å². The van der Waals surface area contributed by atoms with Gasteiger partial charge >= 0.3 is 0 Å². The maximum Gasteiger partial charge on any atom is 0.131 e. The van der Waals surface area contributed by atoms with E-state index >= 15 is 0 Å². The minimum atomic E-state index is -0.599. The fourth-order valence-corrected chi connectivity index (χ4v) is 5.42. The van der Waals surface area contributed by atoms with E-state index in [4.69, 9.17) is 0 Å². The number of halogens is 3. The molecule has 1 aliphatic carbocycles. The van der Waals surface area contributed by atoms with Crippen LogP contribution in [-0.2, 0) is 6.42 Å². The Hall–Kier alpha value is -2.55. The fraction of sp³-hybridized carbons (Fsp3) is 0.400. The van der Waals surface area contributed by atoms with Gasteiger partial charge in [0.05, 0.1) is 0 Å². The molecule has 3 heteroatoms. The van der Waals surface area contributed by atoms with Gasteiger partial charge in [-0.25, -0.2) is 13.2 Å². The molecule has 174 valence electrons. The van der Waals surface area contributed by atoms with E-state index < -0.39 is 17.5 Å². The van der Waals surface area contributed by atoms with Crippen LogP contribution in [0.4, 0.5) is 13.2 Å². The highest BCUT2D eigenvalue weighted by Gasteiger charge is 2.25. The van der Waals surface area contributed by atoms with Crippen molar-refractivity contribution < 1.29 is 13.2 Å². The summed E-state index contributed by atoms with van der Waals surface area (Å²) >= 11 is 0. The lowest BCUT2D eigenvalue weighted by Crippen LogP contribution is -2.15. The van der Waals surface area contributed by atoms with Crippen LogP contribution in [0.2, 0.25) is 0 Å². The van der Waals surface area contributed by atoms with Crippen molar-refractivity contribution in [1.29, 1.82) is 0 Å². The van der Waals surface area contributed by atoms with Gasteiger partial charge in [0, 0.05) is 11.1 Å². The molecule has 1 atom stereocenters. The first-order valence-corrected chi connectivity index (χ1v) is 12.3. The summed E-state index contributed by atoms with van der Waals surface area (Å²) in [5.41, 5.74) is 2.98. The zero-order chi connectivity index (χ0) is 23.4. The average molecular weight is 451 g/mol. The van der Waals surface area contributed by atoms with Crippen LogP contribution in [0.1, 0.15) is 80.9 Å². The van der Waals surface area contributed by atoms with Gasteiger partial charge in [-0.1, -0.05) is 62.7 Å². The second-order valence-corrected chi connectivity index (χ2v) is 9.67. The zero-order valence-corrected chi connectivity index (χ0v) is 19.6. The van der Waals surface area contributed by atoms with Crippen LogP contribution in [0.15, 0.2) is 60.7 Å². The highest BCUT2D eigenvalue weighted by Crippen LogP contribution is 2.40. The standard InChI is InChI=1S/C30H33F3/c1-3-7-27-29(32)18-25(19-30(27)33)26-15-14-24(17-28(26)31)23-12-10-21(11-13-23)16-20(2)22-8-5-4-6-9-22/h4-6,8-9,14-15,17-21,23H,3,7,10-13,16H2,1-2H3. The first-order chi connectivity index (χ1) is 16.0. The summed E-state index contributed by atoms with van der Waals surface area (Å²) in [6.45, 7) is 4.18. The molecular formula is C30H33F3. The van der Waals surface area contributed by atoms with Crippen LogP contribution in [0.3, 0.4) is 0 Å². The molecule has 0 spiro atoms. The third kappa shape index (κ3) is 5.51. The van der Waals surface area contributed by atoms with Crippen molar-refractivity contribution in [2.75, 3.05) is 0 Å². The summed E-state index contributed by atoms with van der Waals surface area (Å²) in [6.07, 6.45) is 6.60. The van der Waals surface area contributed by atoms with E-state index in [-0.39, 0.29) is 16.7 Å². The zero-order valence-electron chi connectivity index (χ0n) is 19.6. The second kappa shape index (κ2) is 10.6. The summed E-state index contributed by atoms with van der Waals surface area (Å²) in [7, 11) is 0. The lowest BCUT2D eigenvalue weighted by molar-refractivity contribution is 0.297. The molecule has 1 aliphatic rings. The molecule has 1 unspecified atom stereocenters. The Morgan fingerprint density at radius 3 is 2.09 bits per heavy atom. The predicted octanol–water partition coefficient (Wildman–Crippen LogP) is 9.19. The quantitative estimate of drug-likeness (QED) is 0.336. The smallest absolute Gasteiger partial charge is 0.131 e. The van der Waals surface area contributed by atoms with Gasteiger partial charge in [-0.2, -0.15) is 0 Å². The predicted molar refractivity (Wildman–Crippen MR) is 130 cm³/mol. The van der Waals surface area contributed by atoms with E-state index in [9.17, 15) is 13.2 Å². The van der Waals surface area contributed by atoms with Crippen LogP contribution in [0, 0.1) is 23.4 Å². The van der Waals surface area contributed by atoms with Gasteiger partial charge in [0.15, 0.2) is 0 Å². The van der Waals surface area contributed by atoms with Crippen molar-refractivity contribution in [2.24, 2.45) is 5.92 Å². The molecule has 3 aromatic rings. The first kappa shape index (κ1) is 23.6. The van der Waals surface area contributed by atoms with Gasteiger partial charge in [-0.15, -0.1) is 0 Å². The van der Waals surface area contributed by atoms with Gasteiger partial charge in [0.1, 0.15) is 17.5 Å². The third-order valence-electron chi connectivity index (χ3n) is 7.32. The van der Waals surface area contributed by atoms with Crippen LogP contribution >= 0.6 is 0 Å². The van der Waals surface area contributed by atoms with Crippen LogP contribution in [0.25, 0.3) is 11.1 Å². The van der Waals surface area contributed by atoms with Crippen LogP contribution in [-0.4, -0.2) is 0 Å². The minimum Gasteiger partial charge on any atom is -0.207 e. The summed E-state index contributed by atoms with van der Waals surface area (Å²) < 4.78 is 43.7. The third-order valence-corrected chi connectivity index (χ3v) is 7.32. The van der Waals surface area contributed by atoms with Gasteiger partial charge in [0.25, 0.3) is 0 Å². The number of hydrogen-bond acceptors (Lipinski definition) is 0. The van der Waals surface area contributed by atoms with Crippen molar-refractivity contribution in [3.63, 3.8) is 0 Å². The molecule has 0 radical (unpaired) electrons. The van der Waals surface area contributed by atoms with E-state index in [1.165, 1.54) is 24.1 Å². The summed E-state index contributed by atoms with van der Waals surface area (Å²) in [5, 5.41) is 0. The monoisotopic (exact) mass is 450 g/mol. The molecule has 0 N–H and O–H groups in total. The Balaban J connectivity index is 1.41. The number of rotatable bonds is 7. The highest BCUT2D eigenvalue weighted by molar-refractivity contribution is 5.65. The summed E-state index contributed by atoms with van der Waals surface area (Å²) in [6, 6.07) is 18.4. The van der Waals surface area contributed by atoms with E-state index in [2.05, 4.69) is 37.3 Å². The van der Waals surface area contributed by atoms with Gasteiger partial charge in [-0.05, 0) is 91.2 Å². The van der Waals surface area contributed by atoms with Crippen molar-refractivity contribution in [1.82, 2.24) is 0 Å². The first-order valence-electron chi connectivity index (χ1n) is 12.3. The SMILES string of the molecule is CCCc1c(F)cc(-c2ccc(C3CCC(CC(C)c4ccccc4)CC3)cc2F)cc1F. The maximum absolute atomic E-state index is 15.0. The molecular weight excluding hydrogens is 417 g/mol. The van der Waals surface area contributed by atoms with Crippen molar-refractivity contribution >= 4 is 0 Å². The molecule has 1 saturated carbocycles. The minimum absolute atomic E-state index is 0.0802. The molecule has 0 saturated heterocycles. The molecule has 4 rings (SSSR count). The van der Waals surface area contributed by atoms with Crippen molar-refractivity contribution in [2.45, 2.75) is 70.6 Å². The Kier molecular flexibility index (Phi) is 7.57. The normalized spacial score (nSPS) is 19.4. The van der Waals surface area contributed by atoms with E-state index in [0.717, 1.165) is 31.2 Å². The van der Waals surface area contributed by atoms with E-state index in [1.54, 1.807) is 12.1 Å². The molecule has 0 heterocycles. The van der Waals surface area contributed by atoms with Gasteiger partial charge in [-0.3, -0.25) is 0 Å². The van der Waals surface area contributed by atoms with Gasteiger partial charge in [0.2, 0.25) is 0 Å². The lowest BCUT2D eigenvalue weighted by atomic mass is 9.75. The fourth-order valence-electron chi connectivity index (χ4n) is 5.42. The Labute approximate surface area is 195 Å². The average Bonchev–Trinajstić information content (AvgIpc) is 2.82. The Morgan fingerprint density at radius 1 is 0.818 bits per heavy atom. The number of hydrogen-bond donors (Lipinski definition) is 0. The van der Waals surface area contributed by atoms with E-state index in [0.29, 0.717) is 30.6 Å². The molecule has 0 nitrogen and oxygen atoms in total. The topological polar surface area (TPSA) is 0 Å². The molecule has 1 fully saturated rings. The number of benzene rings is 3. The summed E-state index contributed by atoms with van der Waals surface area (Å²) in [5.74, 6) is -0.00879. The Bertz CT molecular complexity index is 1040. The molecule has 0 amide bonds. The second-order valence-electron chi connectivity index (χ2n) is 9.67. The molecule has 33 heavy (non-hydrogen) atoms. The maximum atomic E-state index is 15.0. The molecule has 0 aliphatic heterocycles. The lowest BCUT2D eigenvalue weighted by Gasteiger charge is -2.30. The van der Waals surface area contributed by atoms with Gasteiger partial charge < -0.3 is 0 Å². The Morgan fingerprint density at radius 2 is 1.48 bits per heavy atom. The molecule has 0 bridgehead atoms. The molecule has 0 aromatic heterocycles. The molecule has 3 aromatic carbocycles. The van der Waals surface area contributed by atoms with Crippen LogP contribution < -0.4 is 0 Å². The summed E-state index contributed by atoms with van der Waals surface area (Å²) in [4.78, 5) is 0. The highest BCUT2D eigenvalue weighted by atomic mass is 19.1. The van der Waals surface area contributed by atoms with E-state index in [1.807, 2.05) is 13.0 Å². The largest absolute Gasteiger partial charge is 0.207 e. The van der Waals surface area contributed by atoms with Crippen molar-refractivity contribution in [3.8, 4) is 11.1 Å².